The quantitative estimate of drug-likeness (QED) is 0.740. The van der Waals surface area contributed by atoms with Crippen LogP contribution in [0.25, 0.3) is 0 Å². The van der Waals surface area contributed by atoms with Gasteiger partial charge in [-0.05, 0) is 42.2 Å². The summed E-state index contributed by atoms with van der Waals surface area (Å²) in [5.41, 5.74) is 1.81. The lowest BCUT2D eigenvalue weighted by Crippen LogP contribution is -2.25. The molecular formula is C20H23ClFNO3. The number of rotatable bonds is 8. The average molecular weight is 380 g/mol. The number of ether oxygens (including phenoxy) is 3. The van der Waals surface area contributed by atoms with E-state index >= 15 is 0 Å². The summed E-state index contributed by atoms with van der Waals surface area (Å²) in [6.45, 7) is 2.60. The van der Waals surface area contributed by atoms with Gasteiger partial charge in [-0.15, -0.1) is 0 Å². The SMILES string of the molecule is COc1cc(CNCC2CCCO2)c(Cl)cc1OCc1ccc(F)cc1. The predicted molar refractivity (Wildman–Crippen MR) is 99.4 cm³/mol. The van der Waals surface area contributed by atoms with E-state index in [9.17, 15) is 4.39 Å². The fourth-order valence-corrected chi connectivity index (χ4v) is 3.12. The summed E-state index contributed by atoms with van der Waals surface area (Å²) in [6.07, 6.45) is 2.51. The van der Waals surface area contributed by atoms with Gasteiger partial charge in [0, 0.05) is 30.8 Å². The van der Waals surface area contributed by atoms with E-state index in [1.54, 1.807) is 25.3 Å². The van der Waals surface area contributed by atoms with Crippen molar-refractivity contribution in [2.45, 2.75) is 32.1 Å². The predicted octanol–water partition coefficient (Wildman–Crippen LogP) is 4.34. The van der Waals surface area contributed by atoms with E-state index in [0.29, 0.717) is 29.7 Å². The maximum absolute atomic E-state index is 13.0. The van der Waals surface area contributed by atoms with E-state index in [1.165, 1.54) is 12.1 Å². The molecule has 0 aromatic heterocycles. The standard InChI is InChI=1S/C20H23ClFNO3/c1-24-19-9-15(11-23-12-17-3-2-8-25-17)18(21)10-20(19)26-13-14-4-6-16(22)7-5-14/h4-7,9-10,17,23H,2-3,8,11-13H2,1H3. The number of halogens is 2. The van der Waals surface area contributed by atoms with E-state index in [1.807, 2.05) is 6.07 Å². The van der Waals surface area contributed by atoms with Crippen molar-refractivity contribution in [3.05, 3.63) is 58.4 Å². The van der Waals surface area contributed by atoms with E-state index in [4.69, 9.17) is 25.8 Å². The zero-order chi connectivity index (χ0) is 18.4. The van der Waals surface area contributed by atoms with Crippen LogP contribution < -0.4 is 14.8 Å². The molecule has 1 N–H and O–H groups in total. The molecule has 1 fully saturated rings. The highest BCUT2D eigenvalue weighted by molar-refractivity contribution is 6.31. The summed E-state index contributed by atoms with van der Waals surface area (Å²) in [5.74, 6) is 0.907. The first-order valence-electron chi connectivity index (χ1n) is 8.71. The highest BCUT2D eigenvalue weighted by atomic mass is 35.5. The van der Waals surface area contributed by atoms with Crippen LogP contribution in [-0.4, -0.2) is 26.4 Å². The normalized spacial score (nSPS) is 16.7. The molecule has 6 heteroatoms. The molecule has 0 amide bonds. The highest BCUT2D eigenvalue weighted by Gasteiger charge is 2.16. The average Bonchev–Trinajstić information content (AvgIpc) is 3.16. The van der Waals surface area contributed by atoms with Gasteiger partial charge < -0.3 is 19.5 Å². The molecular weight excluding hydrogens is 357 g/mol. The van der Waals surface area contributed by atoms with Gasteiger partial charge in [0.2, 0.25) is 0 Å². The second-order valence-electron chi connectivity index (χ2n) is 6.28. The third-order valence-corrected chi connectivity index (χ3v) is 4.70. The van der Waals surface area contributed by atoms with Crippen LogP contribution in [0, 0.1) is 5.82 Å². The Hall–Kier alpha value is -1.82. The van der Waals surface area contributed by atoms with Gasteiger partial charge in [0.15, 0.2) is 11.5 Å². The Morgan fingerprint density at radius 3 is 2.73 bits per heavy atom. The number of hydrogen-bond donors (Lipinski definition) is 1. The largest absolute Gasteiger partial charge is 0.493 e. The van der Waals surface area contributed by atoms with Crippen LogP contribution in [0.1, 0.15) is 24.0 Å². The minimum absolute atomic E-state index is 0.269. The second kappa shape index (κ2) is 9.21. The van der Waals surface area contributed by atoms with Crippen molar-refractivity contribution in [3.8, 4) is 11.5 Å². The van der Waals surface area contributed by atoms with Crippen LogP contribution in [0.15, 0.2) is 36.4 Å². The Labute approximate surface area is 158 Å². The van der Waals surface area contributed by atoms with Crippen molar-refractivity contribution >= 4 is 11.6 Å². The Kier molecular flexibility index (Phi) is 6.72. The molecule has 1 aliphatic heterocycles. The molecule has 2 aromatic rings. The molecule has 140 valence electrons. The molecule has 1 heterocycles. The number of benzene rings is 2. The van der Waals surface area contributed by atoms with Gasteiger partial charge in [-0.25, -0.2) is 4.39 Å². The van der Waals surface area contributed by atoms with E-state index < -0.39 is 0 Å². The Balaban J connectivity index is 1.61. The van der Waals surface area contributed by atoms with Gasteiger partial charge >= 0.3 is 0 Å². The molecule has 0 aliphatic carbocycles. The molecule has 2 aromatic carbocycles. The van der Waals surface area contributed by atoms with Crippen LogP contribution in [0.3, 0.4) is 0 Å². The van der Waals surface area contributed by atoms with Gasteiger partial charge in [0.25, 0.3) is 0 Å². The van der Waals surface area contributed by atoms with Crippen LogP contribution >= 0.6 is 11.6 Å². The van der Waals surface area contributed by atoms with E-state index in [-0.39, 0.29) is 11.9 Å². The highest BCUT2D eigenvalue weighted by Crippen LogP contribution is 2.34. The first-order chi connectivity index (χ1) is 12.7. The lowest BCUT2D eigenvalue weighted by molar-refractivity contribution is 0.110. The number of nitrogens with one attached hydrogen (secondary N) is 1. The molecule has 3 rings (SSSR count). The molecule has 0 saturated carbocycles. The summed E-state index contributed by atoms with van der Waals surface area (Å²) in [6, 6.07) is 9.83. The second-order valence-corrected chi connectivity index (χ2v) is 6.68. The summed E-state index contributed by atoms with van der Waals surface area (Å²) in [7, 11) is 1.59. The molecule has 1 saturated heterocycles. The van der Waals surface area contributed by atoms with Crippen LogP contribution in [-0.2, 0) is 17.9 Å². The Morgan fingerprint density at radius 2 is 2.04 bits per heavy atom. The van der Waals surface area contributed by atoms with Crippen molar-refractivity contribution < 1.29 is 18.6 Å². The van der Waals surface area contributed by atoms with Gasteiger partial charge in [-0.3, -0.25) is 0 Å². The van der Waals surface area contributed by atoms with Gasteiger partial charge in [0.1, 0.15) is 12.4 Å². The third kappa shape index (κ3) is 5.10. The molecule has 0 radical (unpaired) electrons. The van der Waals surface area contributed by atoms with Crippen molar-refractivity contribution in [2.24, 2.45) is 0 Å². The molecule has 1 unspecified atom stereocenters. The summed E-state index contributed by atoms with van der Waals surface area (Å²) < 4.78 is 29.8. The fourth-order valence-electron chi connectivity index (χ4n) is 2.90. The molecule has 1 aliphatic rings. The maximum Gasteiger partial charge on any atom is 0.163 e. The molecule has 4 nitrogen and oxygen atoms in total. The molecule has 0 spiro atoms. The zero-order valence-electron chi connectivity index (χ0n) is 14.8. The lowest BCUT2D eigenvalue weighted by atomic mass is 10.2. The van der Waals surface area contributed by atoms with Crippen molar-refractivity contribution in [1.29, 1.82) is 0 Å². The minimum atomic E-state index is -0.269. The number of hydrogen-bond acceptors (Lipinski definition) is 4. The van der Waals surface area contributed by atoms with Crippen molar-refractivity contribution in [3.63, 3.8) is 0 Å². The monoisotopic (exact) mass is 379 g/mol. The van der Waals surface area contributed by atoms with Gasteiger partial charge in [-0.2, -0.15) is 0 Å². The summed E-state index contributed by atoms with van der Waals surface area (Å²) in [5, 5.41) is 3.99. The summed E-state index contributed by atoms with van der Waals surface area (Å²) >= 11 is 6.40. The first kappa shape index (κ1) is 19.0. The topological polar surface area (TPSA) is 39.7 Å². The number of methoxy groups -OCH3 is 1. The van der Waals surface area contributed by atoms with Crippen molar-refractivity contribution in [1.82, 2.24) is 5.32 Å². The first-order valence-corrected chi connectivity index (χ1v) is 9.09. The Bertz CT molecular complexity index is 718. The lowest BCUT2D eigenvalue weighted by Gasteiger charge is -2.15. The van der Waals surface area contributed by atoms with Crippen LogP contribution in [0.2, 0.25) is 5.02 Å². The van der Waals surface area contributed by atoms with Crippen LogP contribution in [0.5, 0.6) is 11.5 Å². The smallest absolute Gasteiger partial charge is 0.163 e. The molecule has 1 atom stereocenters. The van der Waals surface area contributed by atoms with Crippen LogP contribution in [0.4, 0.5) is 4.39 Å². The van der Waals surface area contributed by atoms with E-state index in [0.717, 1.165) is 37.1 Å². The minimum Gasteiger partial charge on any atom is -0.493 e. The summed E-state index contributed by atoms with van der Waals surface area (Å²) in [4.78, 5) is 0. The Morgan fingerprint density at radius 1 is 1.23 bits per heavy atom. The van der Waals surface area contributed by atoms with Crippen molar-refractivity contribution in [2.75, 3.05) is 20.3 Å². The zero-order valence-corrected chi connectivity index (χ0v) is 15.5. The molecule has 0 bridgehead atoms. The van der Waals surface area contributed by atoms with E-state index in [2.05, 4.69) is 5.32 Å². The molecule has 26 heavy (non-hydrogen) atoms. The van der Waals surface area contributed by atoms with Gasteiger partial charge in [-0.1, -0.05) is 23.7 Å². The fraction of sp³-hybridized carbons (Fsp3) is 0.400. The van der Waals surface area contributed by atoms with Gasteiger partial charge in [0.05, 0.1) is 13.2 Å². The maximum atomic E-state index is 13.0. The third-order valence-electron chi connectivity index (χ3n) is 4.35.